The molecule has 0 spiro atoms. The lowest BCUT2D eigenvalue weighted by Gasteiger charge is -2.03. The predicted molar refractivity (Wildman–Crippen MR) is 47.7 cm³/mol. The van der Waals surface area contributed by atoms with E-state index in [2.05, 4.69) is 18.8 Å². The summed E-state index contributed by atoms with van der Waals surface area (Å²) in [5.74, 6) is 0.591. The highest BCUT2D eigenvalue weighted by molar-refractivity contribution is 4.93. The number of rotatable bonds is 4. The molecule has 0 radical (unpaired) electrons. The van der Waals surface area contributed by atoms with Crippen LogP contribution < -0.4 is 0 Å². The fraction of sp³-hybridized carbons (Fsp3) is 0.667. The molecule has 0 N–H and O–H groups in total. The minimum Gasteiger partial charge on any atom is -0.375 e. The maximum Gasteiger partial charge on any atom is 0.0947 e. The van der Waals surface area contributed by atoms with E-state index in [0.29, 0.717) is 12.5 Å². The van der Waals surface area contributed by atoms with Gasteiger partial charge in [-0.3, -0.25) is 0 Å². The number of imidazole rings is 1. The molecular weight excluding hydrogens is 152 g/mol. The summed E-state index contributed by atoms with van der Waals surface area (Å²) in [6.45, 7) is 5.70. The normalized spacial score (nSPS) is 11.0. The molecule has 0 unspecified atom stereocenters. The van der Waals surface area contributed by atoms with E-state index in [1.807, 2.05) is 17.8 Å². The summed E-state index contributed by atoms with van der Waals surface area (Å²) in [4.78, 5) is 4.15. The van der Waals surface area contributed by atoms with Crippen molar-refractivity contribution in [1.29, 1.82) is 0 Å². The maximum absolute atomic E-state index is 5.42. The molecule has 1 heterocycles. The van der Waals surface area contributed by atoms with Gasteiger partial charge in [-0.2, -0.15) is 0 Å². The lowest BCUT2D eigenvalue weighted by molar-refractivity contribution is 0.0950. The van der Waals surface area contributed by atoms with Crippen LogP contribution in [0.5, 0.6) is 0 Å². The van der Waals surface area contributed by atoms with Crippen LogP contribution in [0.4, 0.5) is 0 Å². The first-order valence-corrected chi connectivity index (χ1v) is 4.23. The first kappa shape index (κ1) is 9.26. The van der Waals surface area contributed by atoms with Crippen LogP contribution in [0.25, 0.3) is 0 Å². The average Bonchev–Trinajstić information content (AvgIpc) is 2.35. The van der Waals surface area contributed by atoms with Gasteiger partial charge in [0.2, 0.25) is 0 Å². The van der Waals surface area contributed by atoms with Gasteiger partial charge in [0, 0.05) is 19.9 Å². The predicted octanol–water partition coefficient (Wildman–Crippen LogP) is 1.59. The van der Waals surface area contributed by atoms with Crippen LogP contribution in [0.15, 0.2) is 12.5 Å². The Bertz CT molecular complexity index is 230. The molecule has 0 saturated heterocycles. The van der Waals surface area contributed by atoms with E-state index >= 15 is 0 Å². The van der Waals surface area contributed by atoms with Crippen molar-refractivity contribution in [1.82, 2.24) is 9.55 Å². The van der Waals surface area contributed by atoms with Crippen molar-refractivity contribution in [2.75, 3.05) is 6.61 Å². The van der Waals surface area contributed by atoms with E-state index in [4.69, 9.17) is 4.74 Å². The first-order valence-electron chi connectivity index (χ1n) is 4.23. The summed E-state index contributed by atoms with van der Waals surface area (Å²) < 4.78 is 7.34. The molecule has 3 heteroatoms. The summed E-state index contributed by atoms with van der Waals surface area (Å²) >= 11 is 0. The molecule has 0 aromatic carbocycles. The van der Waals surface area contributed by atoms with Crippen molar-refractivity contribution in [2.45, 2.75) is 20.5 Å². The smallest absolute Gasteiger partial charge is 0.0947 e. The molecular formula is C9H16N2O. The van der Waals surface area contributed by atoms with Gasteiger partial charge in [-0.25, -0.2) is 4.98 Å². The quantitative estimate of drug-likeness (QED) is 0.682. The Balaban J connectivity index is 2.24. The Morgan fingerprint density at radius 3 is 2.83 bits per heavy atom. The Morgan fingerprint density at radius 2 is 2.33 bits per heavy atom. The third-order valence-corrected chi connectivity index (χ3v) is 1.46. The average molecular weight is 168 g/mol. The molecule has 3 nitrogen and oxygen atoms in total. The zero-order chi connectivity index (χ0) is 8.97. The number of aromatic nitrogens is 2. The minimum absolute atomic E-state index is 0.591. The van der Waals surface area contributed by atoms with Gasteiger partial charge in [-0.15, -0.1) is 0 Å². The molecule has 0 aliphatic rings. The van der Waals surface area contributed by atoms with Gasteiger partial charge in [-0.1, -0.05) is 13.8 Å². The number of hydrogen-bond acceptors (Lipinski definition) is 2. The summed E-state index contributed by atoms with van der Waals surface area (Å²) in [5.41, 5.74) is 0.998. The van der Waals surface area contributed by atoms with Crippen molar-refractivity contribution < 1.29 is 4.74 Å². The van der Waals surface area contributed by atoms with Crippen molar-refractivity contribution in [3.8, 4) is 0 Å². The van der Waals surface area contributed by atoms with Crippen LogP contribution in [-0.2, 0) is 18.4 Å². The number of ether oxygens (including phenoxy) is 1. The van der Waals surface area contributed by atoms with Crippen LogP contribution in [-0.4, -0.2) is 16.2 Å². The van der Waals surface area contributed by atoms with Crippen LogP contribution >= 0.6 is 0 Å². The maximum atomic E-state index is 5.42. The summed E-state index contributed by atoms with van der Waals surface area (Å²) in [6.07, 6.45) is 3.76. The van der Waals surface area contributed by atoms with E-state index in [-0.39, 0.29) is 0 Å². The van der Waals surface area contributed by atoms with Gasteiger partial charge in [0.25, 0.3) is 0 Å². The molecule has 0 aliphatic heterocycles. The number of hydrogen-bond donors (Lipinski definition) is 0. The molecule has 68 valence electrons. The fourth-order valence-corrected chi connectivity index (χ4v) is 0.941. The van der Waals surface area contributed by atoms with Crippen LogP contribution in [0.3, 0.4) is 0 Å². The molecule has 0 saturated carbocycles. The lowest BCUT2D eigenvalue weighted by atomic mass is 10.2. The molecule has 12 heavy (non-hydrogen) atoms. The zero-order valence-corrected chi connectivity index (χ0v) is 7.95. The van der Waals surface area contributed by atoms with Crippen molar-refractivity contribution >= 4 is 0 Å². The summed E-state index contributed by atoms with van der Waals surface area (Å²) in [6, 6.07) is 0. The van der Waals surface area contributed by atoms with Gasteiger partial charge in [0.1, 0.15) is 0 Å². The molecule has 1 aromatic rings. The first-order chi connectivity index (χ1) is 5.68. The zero-order valence-electron chi connectivity index (χ0n) is 7.95. The van der Waals surface area contributed by atoms with Crippen LogP contribution in [0.2, 0.25) is 0 Å². The topological polar surface area (TPSA) is 27.1 Å². The third kappa shape index (κ3) is 3.05. The van der Waals surface area contributed by atoms with E-state index < -0.39 is 0 Å². The van der Waals surface area contributed by atoms with Gasteiger partial charge < -0.3 is 9.30 Å². The van der Waals surface area contributed by atoms with Gasteiger partial charge in [0.15, 0.2) is 0 Å². The Hall–Kier alpha value is -0.830. The Morgan fingerprint density at radius 1 is 1.58 bits per heavy atom. The molecule has 0 aliphatic carbocycles. The summed E-state index contributed by atoms with van der Waals surface area (Å²) in [7, 11) is 1.96. The van der Waals surface area contributed by atoms with Gasteiger partial charge >= 0.3 is 0 Å². The molecule has 0 fully saturated rings. The van der Waals surface area contributed by atoms with Crippen molar-refractivity contribution in [2.24, 2.45) is 13.0 Å². The highest BCUT2D eigenvalue weighted by atomic mass is 16.5. The molecule has 0 amide bonds. The largest absolute Gasteiger partial charge is 0.375 e. The Kier molecular flexibility index (Phi) is 3.29. The second-order valence-corrected chi connectivity index (χ2v) is 3.44. The fourth-order valence-electron chi connectivity index (χ4n) is 0.941. The second kappa shape index (κ2) is 4.26. The molecule has 1 rings (SSSR count). The standard InChI is InChI=1S/C9H16N2O/c1-8(2)5-12-6-9-4-11(3)7-10-9/h4,7-8H,5-6H2,1-3H3. The Labute approximate surface area is 73.4 Å². The van der Waals surface area contributed by atoms with E-state index in [0.717, 1.165) is 12.3 Å². The molecule has 1 aromatic heterocycles. The van der Waals surface area contributed by atoms with Gasteiger partial charge in [0.05, 0.1) is 18.6 Å². The highest BCUT2D eigenvalue weighted by Gasteiger charge is 1.97. The van der Waals surface area contributed by atoms with Crippen LogP contribution in [0, 0.1) is 5.92 Å². The lowest BCUT2D eigenvalue weighted by Crippen LogP contribution is -2.01. The highest BCUT2D eigenvalue weighted by Crippen LogP contribution is 1.99. The van der Waals surface area contributed by atoms with Gasteiger partial charge in [-0.05, 0) is 5.92 Å². The number of nitrogens with zero attached hydrogens (tertiary/aromatic N) is 2. The van der Waals surface area contributed by atoms with Crippen LogP contribution in [0.1, 0.15) is 19.5 Å². The van der Waals surface area contributed by atoms with Crippen molar-refractivity contribution in [3.63, 3.8) is 0 Å². The molecule has 0 atom stereocenters. The van der Waals surface area contributed by atoms with E-state index in [1.54, 1.807) is 6.33 Å². The monoisotopic (exact) mass is 168 g/mol. The van der Waals surface area contributed by atoms with Crippen molar-refractivity contribution in [3.05, 3.63) is 18.2 Å². The van der Waals surface area contributed by atoms with E-state index in [9.17, 15) is 0 Å². The number of aryl methyl sites for hydroxylation is 1. The van der Waals surface area contributed by atoms with E-state index in [1.165, 1.54) is 0 Å². The second-order valence-electron chi connectivity index (χ2n) is 3.44. The molecule has 0 bridgehead atoms. The summed E-state index contributed by atoms with van der Waals surface area (Å²) in [5, 5.41) is 0. The SMILES string of the molecule is CC(C)COCc1cn(C)cn1. The minimum atomic E-state index is 0.591. The third-order valence-electron chi connectivity index (χ3n) is 1.46.